The van der Waals surface area contributed by atoms with Gasteiger partial charge in [0.2, 0.25) is 6.54 Å². The van der Waals surface area contributed by atoms with E-state index in [1.807, 2.05) is 13.8 Å². The maximum atomic E-state index is 13.4. The summed E-state index contributed by atoms with van der Waals surface area (Å²) in [6.07, 6.45) is 0. The summed E-state index contributed by atoms with van der Waals surface area (Å²) in [4.78, 5) is 11.1. The van der Waals surface area contributed by atoms with E-state index in [2.05, 4.69) is 26.1 Å². The van der Waals surface area contributed by atoms with Crippen molar-refractivity contribution in [1.29, 1.82) is 0 Å². The molecule has 0 amide bonds. The predicted octanol–water partition coefficient (Wildman–Crippen LogP) is 5.38. The Balaban J connectivity index is 2.02. The lowest BCUT2D eigenvalue weighted by atomic mass is 10.1. The Morgan fingerprint density at radius 3 is 2.50 bits per heavy atom. The molecule has 2 aromatic carbocycles. The summed E-state index contributed by atoms with van der Waals surface area (Å²) in [6, 6.07) is 9.45. The second-order valence-electron chi connectivity index (χ2n) is 6.66. The minimum atomic E-state index is -0.584. The average molecular weight is 525 g/mol. The van der Waals surface area contributed by atoms with Crippen molar-refractivity contribution in [3.05, 3.63) is 68.2 Å². The van der Waals surface area contributed by atoms with Crippen LogP contribution in [0.15, 0.2) is 46.0 Å². The zero-order valence-corrected chi connectivity index (χ0v) is 20.2. The summed E-state index contributed by atoms with van der Waals surface area (Å²) in [6.45, 7) is 6.02. The summed E-state index contributed by atoms with van der Waals surface area (Å²) < 4.78 is 27.2. The topological polar surface area (TPSA) is 92.3 Å². The monoisotopic (exact) mass is 524 g/mol. The van der Waals surface area contributed by atoms with Gasteiger partial charge in [0, 0.05) is 10.6 Å². The second kappa shape index (κ2) is 10.8. The van der Waals surface area contributed by atoms with E-state index in [-0.39, 0.29) is 17.3 Å². The summed E-state index contributed by atoms with van der Waals surface area (Å²) in [5, 5.41) is 19.7. The normalized spacial score (nSPS) is 11.9. The molecular weight excluding hydrogens is 503 g/mol. The van der Waals surface area contributed by atoms with Crippen LogP contribution in [0.3, 0.4) is 0 Å². The van der Waals surface area contributed by atoms with E-state index >= 15 is 0 Å². The molecule has 11 heteroatoms. The number of rotatable bonds is 10. The van der Waals surface area contributed by atoms with Crippen LogP contribution in [0.1, 0.15) is 30.5 Å². The van der Waals surface area contributed by atoms with E-state index in [1.165, 1.54) is 23.9 Å². The molecule has 0 N–H and O–H groups in total. The van der Waals surface area contributed by atoms with Crippen molar-refractivity contribution in [3.63, 3.8) is 0 Å². The van der Waals surface area contributed by atoms with E-state index in [0.29, 0.717) is 51.4 Å². The molecule has 1 heterocycles. The van der Waals surface area contributed by atoms with Gasteiger partial charge in [-0.1, -0.05) is 11.8 Å². The SMILES string of the molecule is CCOc1cc([C@@H](C[N+](=O)[O-])Sc2nnc(C)n2-c2ccc(F)cc2)cc(Br)c1OCC. The predicted molar refractivity (Wildman–Crippen MR) is 123 cm³/mol. The molecule has 1 atom stereocenters. The highest BCUT2D eigenvalue weighted by Gasteiger charge is 2.26. The summed E-state index contributed by atoms with van der Waals surface area (Å²) in [5.41, 5.74) is 1.34. The maximum Gasteiger partial charge on any atom is 0.220 e. The van der Waals surface area contributed by atoms with Crippen LogP contribution in [-0.2, 0) is 0 Å². The van der Waals surface area contributed by atoms with Gasteiger partial charge in [-0.05, 0) is 78.7 Å². The highest BCUT2D eigenvalue weighted by Crippen LogP contribution is 2.43. The first kappa shape index (κ1) is 24.0. The molecule has 0 fully saturated rings. The molecule has 0 unspecified atom stereocenters. The van der Waals surface area contributed by atoms with E-state index < -0.39 is 5.25 Å². The van der Waals surface area contributed by atoms with Gasteiger partial charge in [-0.2, -0.15) is 0 Å². The van der Waals surface area contributed by atoms with Crippen molar-refractivity contribution in [3.8, 4) is 17.2 Å². The Labute approximate surface area is 197 Å². The molecule has 32 heavy (non-hydrogen) atoms. The molecule has 0 saturated carbocycles. The summed E-state index contributed by atoms with van der Waals surface area (Å²) in [5.74, 6) is 1.28. The minimum Gasteiger partial charge on any atom is -0.490 e. The number of nitrogens with zero attached hydrogens (tertiary/aromatic N) is 4. The van der Waals surface area contributed by atoms with Gasteiger partial charge < -0.3 is 9.47 Å². The quantitative estimate of drug-likeness (QED) is 0.199. The number of nitro groups is 1. The Morgan fingerprint density at radius 1 is 1.19 bits per heavy atom. The molecule has 1 aromatic heterocycles. The number of thioether (sulfide) groups is 1. The largest absolute Gasteiger partial charge is 0.490 e. The second-order valence-corrected chi connectivity index (χ2v) is 8.68. The van der Waals surface area contributed by atoms with E-state index in [0.717, 1.165) is 0 Å². The molecule has 3 rings (SSSR count). The van der Waals surface area contributed by atoms with Gasteiger partial charge >= 0.3 is 0 Å². The lowest BCUT2D eigenvalue weighted by Gasteiger charge is -2.18. The highest BCUT2D eigenvalue weighted by atomic mass is 79.9. The van der Waals surface area contributed by atoms with Crippen LogP contribution in [0, 0.1) is 22.9 Å². The van der Waals surface area contributed by atoms with Crippen molar-refractivity contribution in [1.82, 2.24) is 14.8 Å². The van der Waals surface area contributed by atoms with Crippen molar-refractivity contribution in [2.24, 2.45) is 0 Å². The van der Waals surface area contributed by atoms with Crippen LogP contribution in [0.4, 0.5) is 4.39 Å². The lowest BCUT2D eigenvalue weighted by Crippen LogP contribution is -2.12. The van der Waals surface area contributed by atoms with Crippen LogP contribution in [0.25, 0.3) is 5.69 Å². The maximum absolute atomic E-state index is 13.4. The number of ether oxygens (including phenoxy) is 2. The van der Waals surface area contributed by atoms with E-state index in [4.69, 9.17) is 9.47 Å². The molecule has 0 spiro atoms. The number of aryl methyl sites for hydroxylation is 1. The first-order chi connectivity index (χ1) is 15.3. The van der Waals surface area contributed by atoms with Crippen molar-refractivity contribution in [2.45, 2.75) is 31.2 Å². The summed E-state index contributed by atoms with van der Waals surface area (Å²) in [7, 11) is 0. The molecule has 0 aliphatic carbocycles. The zero-order chi connectivity index (χ0) is 23.3. The lowest BCUT2D eigenvalue weighted by molar-refractivity contribution is -0.479. The molecule has 0 bridgehead atoms. The third kappa shape index (κ3) is 5.57. The van der Waals surface area contributed by atoms with Crippen LogP contribution in [0.2, 0.25) is 0 Å². The molecule has 3 aromatic rings. The van der Waals surface area contributed by atoms with Crippen LogP contribution in [0.5, 0.6) is 11.5 Å². The van der Waals surface area contributed by atoms with Crippen LogP contribution >= 0.6 is 27.7 Å². The zero-order valence-electron chi connectivity index (χ0n) is 17.7. The average Bonchev–Trinajstić information content (AvgIpc) is 3.10. The third-order valence-electron chi connectivity index (χ3n) is 4.43. The van der Waals surface area contributed by atoms with Gasteiger partial charge in [-0.3, -0.25) is 14.7 Å². The summed E-state index contributed by atoms with van der Waals surface area (Å²) >= 11 is 4.71. The number of halogens is 2. The highest BCUT2D eigenvalue weighted by molar-refractivity contribution is 9.10. The smallest absolute Gasteiger partial charge is 0.220 e. The van der Waals surface area contributed by atoms with Crippen molar-refractivity contribution >= 4 is 27.7 Å². The molecule has 170 valence electrons. The molecule has 0 saturated heterocycles. The van der Waals surface area contributed by atoms with Crippen LogP contribution < -0.4 is 9.47 Å². The number of hydrogen-bond donors (Lipinski definition) is 0. The fraction of sp³-hybridized carbons (Fsp3) is 0.333. The van der Waals surface area contributed by atoms with Crippen LogP contribution in [-0.4, -0.2) is 39.4 Å². The fourth-order valence-corrected chi connectivity index (χ4v) is 4.83. The van der Waals surface area contributed by atoms with Gasteiger partial charge in [-0.25, -0.2) is 4.39 Å². The molecule has 0 aliphatic rings. The minimum absolute atomic E-state index is 0.341. The molecular formula is C21H22BrFN4O4S. The Bertz CT molecular complexity index is 1090. The molecule has 0 aliphatic heterocycles. The Kier molecular flexibility index (Phi) is 8.08. The van der Waals surface area contributed by atoms with Gasteiger partial charge in [0.05, 0.1) is 17.7 Å². The fourth-order valence-electron chi connectivity index (χ4n) is 3.10. The Morgan fingerprint density at radius 2 is 1.88 bits per heavy atom. The van der Waals surface area contributed by atoms with E-state index in [9.17, 15) is 14.5 Å². The van der Waals surface area contributed by atoms with Crippen molar-refractivity contribution < 1.29 is 18.8 Å². The molecule has 0 radical (unpaired) electrons. The van der Waals surface area contributed by atoms with Crippen molar-refractivity contribution in [2.75, 3.05) is 19.8 Å². The van der Waals surface area contributed by atoms with Gasteiger partial charge in [0.1, 0.15) is 16.9 Å². The first-order valence-electron chi connectivity index (χ1n) is 9.89. The number of hydrogen-bond acceptors (Lipinski definition) is 7. The number of benzene rings is 2. The molecule has 8 nitrogen and oxygen atoms in total. The first-order valence-corrected chi connectivity index (χ1v) is 11.6. The standard InChI is InChI=1S/C21H22BrFN4O4S/c1-4-30-18-11-14(10-17(22)20(18)31-5-2)19(12-26(28)29)32-21-25-24-13(3)27(21)16-8-6-15(23)7-9-16/h6-11,19H,4-5,12H2,1-3H3/t19-/m1/s1. The van der Waals surface area contributed by atoms with E-state index in [1.54, 1.807) is 35.8 Å². The Hall–Kier alpha value is -2.66. The number of aromatic nitrogens is 3. The van der Waals surface area contributed by atoms with Gasteiger partial charge in [0.25, 0.3) is 0 Å². The third-order valence-corrected chi connectivity index (χ3v) is 6.20. The van der Waals surface area contributed by atoms with Gasteiger partial charge in [-0.15, -0.1) is 10.2 Å². The van der Waals surface area contributed by atoms with Gasteiger partial charge in [0.15, 0.2) is 16.7 Å².